The number of rotatable bonds is 3. The number of aryl methyl sites for hydroxylation is 1. The van der Waals surface area contributed by atoms with Crippen molar-refractivity contribution < 1.29 is 8.42 Å². The normalized spacial score (nSPS) is 16.1. The molecule has 2 aromatic rings. The van der Waals surface area contributed by atoms with E-state index in [9.17, 15) is 8.42 Å². The lowest BCUT2D eigenvalue weighted by Gasteiger charge is -2.05. The molecule has 2 aromatic heterocycles. The maximum atomic E-state index is 11.5. The van der Waals surface area contributed by atoms with Crippen molar-refractivity contribution in [3.05, 3.63) is 5.69 Å². The molecule has 8 nitrogen and oxygen atoms in total. The molecule has 0 bridgehead atoms. The van der Waals surface area contributed by atoms with Gasteiger partial charge in [-0.1, -0.05) is 4.49 Å². The largest absolute Gasteiger partial charge is 0.293 e. The van der Waals surface area contributed by atoms with Crippen LogP contribution in [0.1, 0.15) is 24.6 Å². The Bertz CT molecular complexity index is 699. The third-order valence-electron chi connectivity index (χ3n) is 2.69. The van der Waals surface area contributed by atoms with Crippen molar-refractivity contribution in [3.63, 3.8) is 0 Å². The Balaban J connectivity index is 2.23. The summed E-state index contributed by atoms with van der Waals surface area (Å²) in [6.07, 6.45) is 1.80. The molecule has 1 aliphatic rings. The van der Waals surface area contributed by atoms with E-state index in [0.29, 0.717) is 11.5 Å². The Labute approximate surface area is 107 Å². The summed E-state index contributed by atoms with van der Waals surface area (Å²) >= 11 is 1.17. The quantitative estimate of drug-likeness (QED) is 0.854. The fourth-order valence-corrected chi connectivity index (χ4v) is 3.03. The lowest BCUT2D eigenvalue weighted by atomic mass is 10.4. The van der Waals surface area contributed by atoms with Crippen LogP contribution >= 0.6 is 11.5 Å². The molecule has 1 saturated carbocycles. The van der Waals surface area contributed by atoms with Crippen molar-refractivity contribution in [1.29, 1.82) is 0 Å². The third kappa shape index (κ3) is 1.82. The van der Waals surface area contributed by atoms with E-state index >= 15 is 0 Å². The minimum Gasteiger partial charge on any atom is -0.293 e. The molecule has 0 radical (unpaired) electrons. The highest BCUT2D eigenvalue weighted by molar-refractivity contribution is 7.89. The van der Waals surface area contributed by atoms with E-state index in [1.54, 1.807) is 11.5 Å². The standard InChI is InChI=1S/C8H10N6O2S2/c1-4-6(17-13-10-4)7-11-12-8(18(9,15)16)14(7)5-2-3-5/h5H,2-3H2,1H3,(H2,9,15,16). The predicted molar refractivity (Wildman–Crippen MR) is 63.3 cm³/mol. The lowest BCUT2D eigenvalue weighted by Crippen LogP contribution is -2.18. The summed E-state index contributed by atoms with van der Waals surface area (Å²) < 4.78 is 28.4. The summed E-state index contributed by atoms with van der Waals surface area (Å²) in [7, 11) is -3.87. The van der Waals surface area contributed by atoms with Crippen molar-refractivity contribution in [2.75, 3.05) is 0 Å². The van der Waals surface area contributed by atoms with Crippen LogP contribution in [-0.2, 0) is 10.0 Å². The number of hydrogen-bond acceptors (Lipinski definition) is 7. The van der Waals surface area contributed by atoms with Gasteiger partial charge >= 0.3 is 0 Å². The molecule has 0 aromatic carbocycles. The van der Waals surface area contributed by atoms with Crippen LogP contribution in [0.2, 0.25) is 0 Å². The number of nitrogens with zero attached hydrogens (tertiary/aromatic N) is 5. The SMILES string of the molecule is Cc1nnsc1-c1nnc(S(N)(=O)=O)n1C1CC1. The van der Waals surface area contributed by atoms with E-state index in [1.807, 2.05) is 0 Å². The average Bonchev–Trinajstić information content (AvgIpc) is 2.86. The molecular formula is C8H10N6O2S2. The first-order chi connectivity index (χ1) is 8.48. The Morgan fingerprint density at radius 2 is 2.06 bits per heavy atom. The fourth-order valence-electron chi connectivity index (χ4n) is 1.72. The van der Waals surface area contributed by atoms with Crippen LogP contribution in [-0.4, -0.2) is 32.8 Å². The van der Waals surface area contributed by atoms with Gasteiger partial charge in [-0.2, -0.15) is 0 Å². The molecule has 18 heavy (non-hydrogen) atoms. The van der Waals surface area contributed by atoms with Crippen LogP contribution in [0.5, 0.6) is 0 Å². The van der Waals surface area contributed by atoms with Gasteiger partial charge in [0.15, 0.2) is 5.82 Å². The Morgan fingerprint density at radius 1 is 1.33 bits per heavy atom. The second-order valence-electron chi connectivity index (χ2n) is 4.14. The van der Waals surface area contributed by atoms with Crippen LogP contribution < -0.4 is 5.14 Å². The third-order valence-corrected chi connectivity index (χ3v) is 4.30. The van der Waals surface area contributed by atoms with Crippen molar-refractivity contribution in [2.24, 2.45) is 5.14 Å². The molecule has 10 heteroatoms. The van der Waals surface area contributed by atoms with E-state index in [2.05, 4.69) is 19.8 Å². The zero-order valence-electron chi connectivity index (χ0n) is 9.44. The molecule has 3 rings (SSSR count). The van der Waals surface area contributed by atoms with Crippen LogP contribution in [0.4, 0.5) is 0 Å². The smallest absolute Gasteiger partial charge is 0.273 e. The van der Waals surface area contributed by atoms with Crippen LogP contribution in [0, 0.1) is 6.92 Å². The van der Waals surface area contributed by atoms with E-state index < -0.39 is 10.0 Å². The van der Waals surface area contributed by atoms with E-state index in [1.165, 1.54) is 11.5 Å². The van der Waals surface area contributed by atoms with Gasteiger partial charge in [-0.3, -0.25) is 4.57 Å². The van der Waals surface area contributed by atoms with Crippen LogP contribution in [0.3, 0.4) is 0 Å². The highest BCUT2D eigenvalue weighted by atomic mass is 32.2. The monoisotopic (exact) mass is 286 g/mol. The minimum absolute atomic E-state index is 0.102. The Morgan fingerprint density at radius 3 is 2.56 bits per heavy atom. The number of aromatic nitrogens is 5. The van der Waals surface area contributed by atoms with E-state index in [0.717, 1.165) is 17.7 Å². The molecule has 0 spiro atoms. The number of primary sulfonamides is 1. The summed E-state index contributed by atoms with van der Waals surface area (Å²) in [6, 6.07) is 0.102. The first kappa shape index (κ1) is 11.7. The zero-order chi connectivity index (χ0) is 12.9. The molecule has 0 saturated heterocycles. The summed E-state index contributed by atoms with van der Waals surface area (Å²) in [5.74, 6) is 0.481. The molecule has 0 aliphatic heterocycles. The maximum absolute atomic E-state index is 11.5. The topological polar surface area (TPSA) is 117 Å². The van der Waals surface area contributed by atoms with Gasteiger partial charge in [0.05, 0.1) is 5.69 Å². The van der Waals surface area contributed by atoms with Crippen molar-refractivity contribution >= 4 is 21.6 Å². The minimum atomic E-state index is -3.87. The molecule has 1 aliphatic carbocycles. The highest BCUT2D eigenvalue weighted by Crippen LogP contribution is 2.40. The second-order valence-corrected chi connectivity index (χ2v) is 6.35. The first-order valence-electron chi connectivity index (χ1n) is 5.25. The first-order valence-corrected chi connectivity index (χ1v) is 7.57. The van der Waals surface area contributed by atoms with Gasteiger partial charge in [-0.15, -0.1) is 15.3 Å². The summed E-state index contributed by atoms with van der Waals surface area (Å²) in [5, 5.41) is 16.5. The molecule has 0 amide bonds. The molecule has 0 unspecified atom stereocenters. The summed E-state index contributed by atoms with van der Waals surface area (Å²) in [4.78, 5) is 0.726. The van der Waals surface area contributed by atoms with Gasteiger partial charge in [0.1, 0.15) is 4.88 Å². The molecule has 2 heterocycles. The number of sulfonamides is 1. The number of hydrogen-bond donors (Lipinski definition) is 1. The number of nitrogens with two attached hydrogens (primary N) is 1. The van der Waals surface area contributed by atoms with Crippen LogP contribution in [0.15, 0.2) is 5.16 Å². The van der Waals surface area contributed by atoms with Gasteiger partial charge in [0.25, 0.3) is 15.2 Å². The van der Waals surface area contributed by atoms with Gasteiger partial charge in [-0.05, 0) is 31.3 Å². The lowest BCUT2D eigenvalue weighted by molar-refractivity contribution is 0.567. The average molecular weight is 286 g/mol. The van der Waals surface area contributed by atoms with Gasteiger partial charge in [0, 0.05) is 6.04 Å². The fraction of sp³-hybridized carbons (Fsp3) is 0.500. The molecule has 0 atom stereocenters. The van der Waals surface area contributed by atoms with E-state index in [4.69, 9.17) is 5.14 Å². The maximum Gasteiger partial charge on any atom is 0.273 e. The summed E-state index contributed by atoms with van der Waals surface area (Å²) in [6.45, 7) is 1.79. The summed E-state index contributed by atoms with van der Waals surface area (Å²) in [5.41, 5.74) is 0.704. The molecular weight excluding hydrogens is 276 g/mol. The molecule has 96 valence electrons. The second kappa shape index (κ2) is 3.80. The van der Waals surface area contributed by atoms with Crippen LogP contribution in [0.25, 0.3) is 10.7 Å². The van der Waals surface area contributed by atoms with E-state index in [-0.39, 0.29) is 11.2 Å². The van der Waals surface area contributed by atoms with Gasteiger partial charge in [0.2, 0.25) is 0 Å². The Hall–Kier alpha value is -1.39. The highest BCUT2D eigenvalue weighted by Gasteiger charge is 2.34. The van der Waals surface area contributed by atoms with Gasteiger partial charge < -0.3 is 0 Å². The zero-order valence-corrected chi connectivity index (χ0v) is 11.1. The molecule has 1 fully saturated rings. The van der Waals surface area contributed by atoms with Crippen molar-refractivity contribution in [3.8, 4) is 10.7 Å². The molecule has 2 N–H and O–H groups in total. The van der Waals surface area contributed by atoms with Crippen molar-refractivity contribution in [2.45, 2.75) is 31.0 Å². The Kier molecular flexibility index (Phi) is 2.47. The van der Waals surface area contributed by atoms with Gasteiger partial charge in [-0.25, -0.2) is 13.6 Å². The predicted octanol–water partition coefficient (Wildman–Crippen LogP) is 0.0873. The van der Waals surface area contributed by atoms with Crippen molar-refractivity contribution in [1.82, 2.24) is 24.4 Å².